The average Bonchev–Trinajstić information content (AvgIpc) is 2.57. The van der Waals surface area contributed by atoms with E-state index in [2.05, 4.69) is 5.32 Å². The standard InChI is InChI=1S/C19H20ClNO4/c1-4-24-19(23)14-9-8-12(2)17(10-14)21-18(22)13(3)25-16-7-5-6-15(20)11-16/h5-11,13H,4H2,1-3H3,(H,21,22)/t13-/m0/s1. The van der Waals surface area contributed by atoms with Crippen LogP contribution in [0.5, 0.6) is 5.75 Å². The minimum absolute atomic E-state index is 0.291. The molecule has 6 heteroatoms. The summed E-state index contributed by atoms with van der Waals surface area (Å²) in [6.45, 7) is 5.51. The van der Waals surface area contributed by atoms with Gasteiger partial charge in [0.05, 0.1) is 12.2 Å². The molecule has 25 heavy (non-hydrogen) atoms. The fourth-order valence-electron chi connectivity index (χ4n) is 2.13. The van der Waals surface area contributed by atoms with Gasteiger partial charge in [0.25, 0.3) is 5.91 Å². The Morgan fingerprint density at radius 1 is 1.20 bits per heavy atom. The fraction of sp³-hybridized carbons (Fsp3) is 0.263. The van der Waals surface area contributed by atoms with Crippen LogP contribution in [0.2, 0.25) is 5.02 Å². The molecule has 2 aromatic carbocycles. The Labute approximate surface area is 151 Å². The normalized spacial score (nSPS) is 11.5. The first-order valence-electron chi connectivity index (χ1n) is 7.91. The number of carbonyl (C=O) groups is 2. The number of rotatable bonds is 6. The lowest BCUT2D eigenvalue weighted by Gasteiger charge is -2.16. The zero-order valence-corrected chi connectivity index (χ0v) is 15.1. The molecule has 0 aliphatic carbocycles. The first-order valence-corrected chi connectivity index (χ1v) is 8.29. The molecule has 0 aromatic heterocycles. The van der Waals surface area contributed by atoms with Gasteiger partial charge < -0.3 is 14.8 Å². The van der Waals surface area contributed by atoms with Crippen molar-refractivity contribution in [3.05, 3.63) is 58.6 Å². The van der Waals surface area contributed by atoms with Crippen LogP contribution in [-0.2, 0) is 9.53 Å². The van der Waals surface area contributed by atoms with Crippen molar-refractivity contribution >= 4 is 29.2 Å². The number of hydrogen-bond donors (Lipinski definition) is 1. The second-order valence-electron chi connectivity index (χ2n) is 5.46. The second kappa shape index (κ2) is 8.53. The zero-order valence-electron chi connectivity index (χ0n) is 14.3. The Morgan fingerprint density at radius 2 is 1.96 bits per heavy atom. The van der Waals surface area contributed by atoms with Crippen LogP contribution in [-0.4, -0.2) is 24.6 Å². The van der Waals surface area contributed by atoms with Gasteiger partial charge in [-0.1, -0.05) is 23.7 Å². The van der Waals surface area contributed by atoms with Gasteiger partial charge in [-0.2, -0.15) is 0 Å². The number of hydrogen-bond acceptors (Lipinski definition) is 4. The maximum absolute atomic E-state index is 12.4. The molecule has 0 unspecified atom stereocenters. The summed E-state index contributed by atoms with van der Waals surface area (Å²) in [6, 6.07) is 11.8. The van der Waals surface area contributed by atoms with E-state index in [4.69, 9.17) is 21.1 Å². The van der Waals surface area contributed by atoms with Crippen LogP contribution in [0.3, 0.4) is 0 Å². The number of esters is 1. The van der Waals surface area contributed by atoms with Crippen molar-refractivity contribution in [2.45, 2.75) is 26.9 Å². The van der Waals surface area contributed by atoms with Gasteiger partial charge in [-0.3, -0.25) is 4.79 Å². The highest BCUT2D eigenvalue weighted by molar-refractivity contribution is 6.30. The number of benzene rings is 2. The second-order valence-corrected chi connectivity index (χ2v) is 5.89. The molecule has 2 rings (SSSR count). The van der Waals surface area contributed by atoms with Crippen LogP contribution in [0.1, 0.15) is 29.8 Å². The highest BCUT2D eigenvalue weighted by Crippen LogP contribution is 2.20. The van der Waals surface area contributed by atoms with E-state index in [1.165, 1.54) is 0 Å². The molecular weight excluding hydrogens is 342 g/mol. The van der Waals surface area contributed by atoms with Gasteiger partial charge in [0.2, 0.25) is 0 Å². The summed E-state index contributed by atoms with van der Waals surface area (Å²) in [5.41, 5.74) is 1.75. The third-order valence-corrected chi connectivity index (χ3v) is 3.72. The largest absolute Gasteiger partial charge is 0.481 e. The van der Waals surface area contributed by atoms with Gasteiger partial charge in [-0.05, 0) is 56.7 Å². The average molecular weight is 362 g/mol. The quantitative estimate of drug-likeness (QED) is 0.782. The lowest BCUT2D eigenvalue weighted by Crippen LogP contribution is -2.30. The van der Waals surface area contributed by atoms with E-state index in [-0.39, 0.29) is 5.91 Å². The van der Waals surface area contributed by atoms with Crippen molar-refractivity contribution in [3.63, 3.8) is 0 Å². The SMILES string of the molecule is CCOC(=O)c1ccc(C)c(NC(=O)[C@H](C)Oc2cccc(Cl)c2)c1. The summed E-state index contributed by atoms with van der Waals surface area (Å²) >= 11 is 5.91. The van der Waals surface area contributed by atoms with Crippen molar-refractivity contribution in [2.75, 3.05) is 11.9 Å². The third-order valence-electron chi connectivity index (χ3n) is 3.48. The first-order chi connectivity index (χ1) is 11.9. The van der Waals surface area contributed by atoms with E-state index < -0.39 is 12.1 Å². The predicted molar refractivity (Wildman–Crippen MR) is 97.3 cm³/mol. The van der Waals surface area contributed by atoms with Gasteiger partial charge >= 0.3 is 5.97 Å². The predicted octanol–water partition coefficient (Wildman–Crippen LogP) is 4.23. The van der Waals surface area contributed by atoms with Crippen LogP contribution >= 0.6 is 11.6 Å². The van der Waals surface area contributed by atoms with Crippen LogP contribution < -0.4 is 10.1 Å². The van der Waals surface area contributed by atoms with E-state index >= 15 is 0 Å². The molecule has 0 saturated carbocycles. The number of carbonyl (C=O) groups excluding carboxylic acids is 2. The molecule has 0 fully saturated rings. The van der Waals surface area contributed by atoms with Crippen LogP contribution in [0, 0.1) is 6.92 Å². The highest BCUT2D eigenvalue weighted by atomic mass is 35.5. The Balaban J connectivity index is 2.08. The number of aryl methyl sites for hydroxylation is 1. The summed E-state index contributed by atoms with van der Waals surface area (Å²) < 4.78 is 10.6. The van der Waals surface area contributed by atoms with E-state index in [1.807, 2.05) is 6.92 Å². The minimum atomic E-state index is -0.732. The van der Waals surface area contributed by atoms with Crippen LogP contribution in [0.25, 0.3) is 0 Å². The monoisotopic (exact) mass is 361 g/mol. The summed E-state index contributed by atoms with van der Waals surface area (Å²) in [7, 11) is 0. The van der Waals surface area contributed by atoms with Crippen molar-refractivity contribution < 1.29 is 19.1 Å². The molecule has 0 saturated heterocycles. The van der Waals surface area contributed by atoms with Gasteiger partial charge in [0, 0.05) is 10.7 Å². The van der Waals surface area contributed by atoms with E-state index in [9.17, 15) is 9.59 Å². The molecule has 1 N–H and O–H groups in total. The molecule has 0 radical (unpaired) electrons. The Morgan fingerprint density at radius 3 is 2.64 bits per heavy atom. The summed E-state index contributed by atoms with van der Waals surface area (Å²) in [4.78, 5) is 24.2. The van der Waals surface area contributed by atoms with Crippen molar-refractivity contribution in [1.82, 2.24) is 0 Å². The van der Waals surface area contributed by atoms with Gasteiger partial charge in [-0.15, -0.1) is 0 Å². The molecule has 0 bridgehead atoms. The number of anilines is 1. The lowest BCUT2D eigenvalue weighted by atomic mass is 10.1. The Hall–Kier alpha value is -2.53. The van der Waals surface area contributed by atoms with E-state index in [1.54, 1.807) is 56.3 Å². The summed E-state index contributed by atoms with van der Waals surface area (Å²) in [5.74, 6) is -0.252. The number of ether oxygens (including phenoxy) is 2. The molecule has 132 valence electrons. The van der Waals surface area contributed by atoms with E-state index in [0.29, 0.717) is 28.6 Å². The first kappa shape index (κ1) is 18.8. The van der Waals surface area contributed by atoms with Gasteiger partial charge in [0.15, 0.2) is 6.10 Å². The van der Waals surface area contributed by atoms with E-state index in [0.717, 1.165) is 5.56 Å². The number of halogens is 1. The molecule has 0 aliphatic heterocycles. The minimum Gasteiger partial charge on any atom is -0.481 e. The molecule has 1 atom stereocenters. The van der Waals surface area contributed by atoms with Crippen molar-refractivity contribution in [1.29, 1.82) is 0 Å². The molecule has 5 nitrogen and oxygen atoms in total. The van der Waals surface area contributed by atoms with Gasteiger partial charge in [0.1, 0.15) is 5.75 Å². The fourth-order valence-corrected chi connectivity index (χ4v) is 2.31. The summed E-state index contributed by atoms with van der Waals surface area (Å²) in [5, 5.41) is 3.31. The molecule has 0 heterocycles. The molecule has 0 spiro atoms. The Kier molecular flexibility index (Phi) is 6.42. The molecular formula is C19H20ClNO4. The molecule has 0 aliphatic rings. The molecule has 1 amide bonds. The van der Waals surface area contributed by atoms with Gasteiger partial charge in [-0.25, -0.2) is 4.79 Å². The molecule has 2 aromatic rings. The Bertz CT molecular complexity index is 776. The van der Waals surface area contributed by atoms with Crippen molar-refractivity contribution in [3.8, 4) is 5.75 Å². The number of amides is 1. The summed E-state index contributed by atoms with van der Waals surface area (Å²) in [6.07, 6.45) is -0.732. The van der Waals surface area contributed by atoms with Crippen LogP contribution in [0.15, 0.2) is 42.5 Å². The number of nitrogens with one attached hydrogen (secondary N) is 1. The van der Waals surface area contributed by atoms with Crippen LogP contribution in [0.4, 0.5) is 5.69 Å². The highest BCUT2D eigenvalue weighted by Gasteiger charge is 2.17. The van der Waals surface area contributed by atoms with Crippen molar-refractivity contribution in [2.24, 2.45) is 0 Å². The maximum Gasteiger partial charge on any atom is 0.338 e. The maximum atomic E-state index is 12.4. The smallest absolute Gasteiger partial charge is 0.338 e. The topological polar surface area (TPSA) is 64.6 Å². The lowest BCUT2D eigenvalue weighted by molar-refractivity contribution is -0.122. The zero-order chi connectivity index (χ0) is 18.4. The third kappa shape index (κ3) is 5.22.